The van der Waals surface area contributed by atoms with Crippen molar-refractivity contribution in [3.8, 4) is 0 Å². The van der Waals surface area contributed by atoms with Gasteiger partial charge in [-0.2, -0.15) is 4.31 Å². The van der Waals surface area contributed by atoms with Crippen molar-refractivity contribution < 1.29 is 13.2 Å². The van der Waals surface area contributed by atoms with Gasteiger partial charge in [-0.15, -0.1) is 0 Å². The molecule has 1 aliphatic heterocycles. The summed E-state index contributed by atoms with van der Waals surface area (Å²) in [7, 11) is -1.65. The molecule has 2 N–H and O–H groups in total. The van der Waals surface area contributed by atoms with Gasteiger partial charge in [-0.05, 0) is 49.2 Å². The minimum Gasteiger partial charge on any atom is -0.331 e. The van der Waals surface area contributed by atoms with Crippen LogP contribution in [0.5, 0.6) is 0 Å². The van der Waals surface area contributed by atoms with Gasteiger partial charge in [0.2, 0.25) is 15.9 Å². The van der Waals surface area contributed by atoms with Crippen LogP contribution < -0.4 is 10.9 Å². The fourth-order valence-corrected chi connectivity index (χ4v) is 5.59. The van der Waals surface area contributed by atoms with E-state index in [1.54, 1.807) is 46.8 Å². The highest BCUT2D eigenvalue weighted by Crippen LogP contribution is 2.25. The van der Waals surface area contributed by atoms with Crippen molar-refractivity contribution in [3.63, 3.8) is 0 Å². The van der Waals surface area contributed by atoms with Crippen molar-refractivity contribution in [2.75, 3.05) is 18.5 Å². The first kappa shape index (κ1) is 22.6. The zero-order chi connectivity index (χ0) is 22.7. The number of hydrogen-bond donors (Lipinski definition) is 2. The molecule has 1 saturated heterocycles. The van der Waals surface area contributed by atoms with Gasteiger partial charge in [0.15, 0.2) is 0 Å². The van der Waals surface area contributed by atoms with Crippen LogP contribution in [-0.4, -0.2) is 41.3 Å². The third-order valence-corrected chi connectivity index (χ3v) is 7.77. The summed E-state index contributed by atoms with van der Waals surface area (Å²) in [6, 6.07) is 12.1. The number of halogens is 1. The summed E-state index contributed by atoms with van der Waals surface area (Å²) in [6.07, 6.45) is 3.50. The lowest BCUT2D eigenvalue weighted by atomic mass is 10.2. The number of hydrazine groups is 1. The quantitative estimate of drug-likeness (QED) is 0.510. The number of hydrogen-bond acceptors (Lipinski definition) is 5. The Balaban J connectivity index is 1.43. The highest BCUT2D eigenvalue weighted by molar-refractivity contribution is 7.89. The van der Waals surface area contributed by atoms with Crippen LogP contribution in [0.2, 0.25) is 5.02 Å². The minimum atomic E-state index is -3.52. The Labute approximate surface area is 192 Å². The Kier molecular flexibility index (Phi) is 6.68. The molecule has 2 heterocycles. The van der Waals surface area contributed by atoms with Crippen molar-refractivity contribution in [3.05, 3.63) is 53.3 Å². The lowest BCUT2D eigenvalue weighted by Gasteiger charge is -2.25. The van der Waals surface area contributed by atoms with Crippen LogP contribution in [0, 0.1) is 0 Å². The van der Waals surface area contributed by atoms with E-state index in [0.29, 0.717) is 41.6 Å². The zero-order valence-corrected chi connectivity index (χ0v) is 19.4. The molecule has 1 fully saturated rings. The van der Waals surface area contributed by atoms with Crippen molar-refractivity contribution in [1.82, 2.24) is 19.3 Å². The lowest BCUT2D eigenvalue weighted by molar-refractivity contribution is -0.120. The fourth-order valence-electron chi connectivity index (χ4n) is 3.86. The van der Waals surface area contributed by atoms with Crippen molar-refractivity contribution in [2.24, 2.45) is 7.05 Å². The molecule has 0 aliphatic carbocycles. The highest BCUT2D eigenvalue weighted by atomic mass is 35.5. The predicted octanol–water partition coefficient (Wildman–Crippen LogP) is 3.48. The number of fused-ring (bicyclic) bond motifs is 1. The number of nitrogens with zero attached hydrogens (tertiary/aromatic N) is 3. The van der Waals surface area contributed by atoms with Gasteiger partial charge >= 0.3 is 0 Å². The largest absolute Gasteiger partial charge is 0.331 e. The first-order valence-electron chi connectivity index (χ1n) is 10.6. The summed E-state index contributed by atoms with van der Waals surface area (Å²) in [4.78, 5) is 17.1. The first-order valence-corrected chi connectivity index (χ1v) is 12.4. The number of amides is 1. The number of aryl methyl sites for hydroxylation is 2. The number of piperidine rings is 1. The van der Waals surface area contributed by atoms with Crippen molar-refractivity contribution in [2.45, 2.75) is 37.0 Å². The summed E-state index contributed by atoms with van der Waals surface area (Å²) in [6.45, 7) is 1.12. The monoisotopic (exact) mass is 475 g/mol. The van der Waals surface area contributed by atoms with Crippen LogP contribution in [0.25, 0.3) is 11.0 Å². The summed E-state index contributed by atoms with van der Waals surface area (Å²) in [5.41, 5.74) is 7.61. The van der Waals surface area contributed by atoms with E-state index in [0.717, 1.165) is 24.8 Å². The summed E-state index contributed by atoms with van der Waals surface area (Å²) >= 11 is 5.94. The number of imidazole rings is 1. The van der Waals surface area contributed by atoms with Gasteiger partial charge in [0.05, 0.1) is 21.6 Å². The van der Waals surface area contributed by atoms with Crippen LogP contribution in [0.3, 0.4) is 0 Å². The third-order valence-electron chi connectivity index (χ3n) is 5.64. The Morgan fingerprint density at radius 3 is 2.66 bits per heavy atom. The molecule has 0 radical (unpaired) electrons. The molecule has 8 nitrogen and oxygen atoms in total. The van der Waals surface area contributed by atoms with Crippen molar-refractivity contribution >= 4 is 44.3 Å². The number of carbonyl (C=O) groups excluding carboxylic acids is 1. The van der Waals surface area contributed by atoms with Crippen molar-refractivity contribution in [1.29, 1.82) is 0 Å². The number of benzene rings is 2. The number of rotatable bonds is 7. The molecule has 1 aliphatic rings. The van der Waals surface area contributed by atoms with Crippen LogP contribution in [-0.2, 0) is 28.3 Å². The molecule has 0 atom stereocenters. The molecule has 0 unspecified atom stereocenters. The average molecular weight is 476 g/mol. The molecular formula is C22H26ClN5O3S. The third kappa shape index (κ3) is 4.90. The average Bonchev–Trinajstić information content (AvgIpc) is 3.12. The molecule has 0 saturated carbocycles. The van der Waals surface area contributed by atoms with E-state index >= 15 is 0 Å². The SMILES string of the molecule is Cn1c(CCC(=O)NNc2cccc(Cl)c2)nc2cc(S(=O)(=O)N3CCCCC3)ccc21. The van der Waals surface area contributed by atoms with Gasteiger partial charge in [-0.25, -0.2) is 13.4 Å². The van der Waals surface area contributed by atoms with Gasteiger partial charge in [-0.1, -0.05) is 24.1 Å². The molecule has 1 amide bonds. The summed E-state index contributed by atoms with van der Waals surface area (Å²) in [5, 5.41) is 0.575. The normalized spacial score (nSPS) is 15.1. The molecule has 2 aromatic carbocycles. The van der Waals surface area contributed by atoms with E-state index in [1.165, 1.54) is 0 Å². The molecular weight excluding hydrogens is 450 g/mol. The zero-order valence-electron chi connectivity index (χ0n) is 17.8. The number of aromatic nitrogens is 2. The standard InChI is InChI=1S/C22H26ClN5O3S/c1-27-20-9-8-18(32(30,31)28-12-3-2-4-13-28)15-19(20)24-21(27)10-11-22(29)26-25-17-7-5-6-16(23)14-17/h5-9,14-15,25H,2-4,10-13H2,1H3,(H,26,29). The number of nitrogens with one attached hydrogen (secondary N) is 2. The first-order chi connectivity index (χ1) is 15.3. The maximum absolute atomic E-state index is 13.0. The Morgan fingerprint density at radius 1 is 1.12 bits per heavy atom. The number of anilines is 1. The Bertz CT molecular complexity index is 1240. The molecule has 10 heteroatoms. The molecule has 3 aromatic rings. The fraction of sp³-hybridized carbons (Fsp3) is 0.364. The van der Waals surface area contributed by atoms with E-state index in [1.807, 2.05) is 11.6 Å². The second-order valence-corrected chi connectivity index (χ2v) is 10.3. The lowest BCUT2D eigenvalue weighted by Crippen LogP contribution is -2.35. The van der Waals surface area contributed by atoms with E-state index in [2.05, 4.69) is 15.8 Å². The van der Waals surface area contributed by atoms with Gasteiger partial charge < -0.3 is 4.57 Å². The van der Waals surface area contributed by atoms with E-state index < -0.39 is 10.0 Å². The Morgan fingerprint density at radius 2 is 1.91 bits per heavy atom. The number of carbonyl (C=O) groups is 1. The van der Waals surface area contributed by atoms with Crippen LogP contribution in [0.4, 0.5) is 5.69 Å². The van der Waals surface area contributed by atoms with E-state index in [-0.39, 0.29) is 17.2 Å². The second-order valence-electron chi connectivity index (χ2n) is 7.89. The molecule has 1 aromatic heterocycles. The van der Waals surface area contributed by atoms with Crippen LogP contribution >= 0.6 is 11.6 Å². The summed E-state index contributed by atoms with van der Waals surface area (Å²) < 4.78 is 29.4. The van der Waals surface area contributed by atoms with Gasteiger partial charge in [0, 0.05) is 38.0 Å². The van der Waals surface area contributed by atoms with E-state index in [9.17, 15) is 13.2 Å². The maximum atomic E-state index is 13.0. The molecule has 170 valence electrons. The molecule has 32 heavy (non-hydrogen) atoms. The summed E-state index contributed by atoms with van der Waals surface area (Å²) in [5.74, 6) is 0.524. The van der Waals surface area contributed by atoms with Crippen LogP contribution in [0.15, 0.2) is 47.4 Å². The highest BCUT2D eigenvalue weighted by Gasteiger charge is 2.26. The molecule has 0 bridgehead atoms. The molecule has 4 rings (SSSR count). The van der Waals surface area contributed by atoms with Gasteiger partial charge in [-0.3, -0.25) is 15.6 Å². The smallest absolute Gasteiger partial charge is 0.243 e. The topological polar surface area (TPSA) is 96.3 Å². The minimum absolute atomic E-state index is 0.189. The second kappa shape index (κ2) is 9.48. The van der Waals surface area contributed by atoms with E-state index in [4.69, 9.17) is 11.6 Å². The predicted molar refractivity (Wildman–Crippen MR) is 125 cm³/mol. The number of sulfonamides is 1. The molecule has 0 spiro atoms. The maximum Gasteiger partial charge on any atom is 0.243 e. The van der Waals surface area contributed by atoms with Gasteiger partial charge in [0.25, 0.3) is 0 Å². The van der Waals surface area contributed by atoms with Crippen LogP contribution in [0.1, 0.15) is 31.5 Å². The van der Waals surface area contributed by atoms with Gasteiger partial charge in [0.1, 0.15) is 5.82 Å². The Hall–Kier alpha value is -2.62.